The number of amides is 2. The Kier molecular flexibility index (Phi) is 7.95. The molecule has 2 amide bonds. The molecular formula is C20H19BrN6O4S. The Morgan fingerprint density at radius 1 is 1.19 bits per heavy atom. The van der Waals surface area contributed by atoms with Gasteiger partial charge in [0.15, 0.2) is 11.0 Å². The molecule has 0 saturated heterocycles. The second kappa shape index (κ2) is 10.9. The summed E-state index contributed by atoms with van der Waals surface area (Å²) in [4.78, 5) is 34.9. The summed E-state index contributed by atoms with van der Waals surface area (Å²) in [6.07, 6.45) is 0. The maximum atomic E-state index is 12.4. The van der Waals surface area contributed by atoms with Crippen molar-refractivity contribution in [2.75, 3.05) is 11.1 Å². The van der Waals surface area contributed by atoms with Gasteiger partial charge in [-0.05, 0) is 37.3 Å². The highest BCUT2D eigenvalue weighted by Gasteiger charge is 2.16. The molecular weight excluding hydrogens is 500 g/mol. The lowest BCUT2D eigenvalue weighted by atomic mass is 10.2. The van der Waals surface area contributed by atoms with Gasteiger partial charge >= 0.3 is 0 Å². The number of hydrogen-bond donors (Lipinski definition) is 2. The normalized spacial score (nSPS) is 10.6. The molecule has 2 aromatic carbocycles. The number of non-ortho nitro benzene ring substituents is 1. The van der Waals surface area contributed by atoms with Crippen LogP contribution in [0.25, 0.3) is 0 Å². The predicted molar refractivity (Wildman–Crippen MR) is 123 cm³/mol. The molecule has 0 aliphatic heterocycles. The summed E-state index contributed by atoms with van der Waals surface area (Å²) in [5, 5.41) is 25.2. The number of thioether (sulfide) groups is 1. The number of carbonyl (C=O) groups excluding carboxylic acids is 2. The van der Waals surface area contributed by atoms with Gasteiger partial charge in [0.1, 0.15) is 0 Å². The third kappa shape index (κ3) is 6.14. The number of hydrogen-bond acceptors (Lipinski definition) is 7. The molecule has 12 heteroatoms. The molecule has 0 unspecified atom stereocenters. The first kappa shape index (κ1) is 23.4. The van der Waals surface area contributed by atoms with E-state index < -0.39 is 10.8 Å². The first-order chi connectivity index (χ1) is 15.4. The van der Waals surface area contributed by atoms with E-state index in [2.05, 4.69) is 36.8 Å². The molecule has 10 nitrogen and oxygen atoms in total. The summed E-state index contributed by atoms with van der Waals surface area (Å²) in [5.41, 5.74) is 0.718. The van der Waals surface area contributed by atoms with Crippen molar-refractivity contribution in [3.63, 3.8) is 0 Å². The monoisotopic (exact) mass is 518 g/mol. The van der Waals surface area contributed by atoms with Crippen molar-refractivity contribution in [2.45, 2.75) is 25.2 Å². The van der Waals surface area contributed by atoms with Crippen LogP contribution in [0.3, 0.4) is 0 Å². The number of nitrogens with zero attached hydrogens (tertiary/aromatic N) is 4. The lowest BCUT2D eigenvalue weighted by Crippen LogP contribution is -2.25. The van der Waals surface area contributed by atoms with E-state index in [-0.39, 0.29) is 29.5 Å². The molecule has 0 atom stereocenters. The fourth-order valence-electron chi connectivity index (χ4n) is 2.76. The summed E-state index contributed by atoms with van der Waals surface area (Å²) < 4.78 is 2.72. The molecule has 0 saturated carbocycles. The lowest BCUT2D eigenvalue weighted by molar-refractivity contribution is -0.384. The van der Waals surface area contributed by atoms with Crippen LogP contribution in [0.1, 0.15) is 23.1 Å². The number of nitrogens with one attached hydrogen (secondary N) is 2. The molecule has 0 spiro atoms. The third-order valence-electron chi connectivity index (χ3n) is 4.30. The Labute approximate surface area is 196 Å². The summed E-state index contributed by atoms with van der Waals surface area (Å²) in [6, 6.07) is 12.8. The van der Waals surface area contributed by atoms with Crippen molar-refractivity contribution in [1.82, 2.24) is 20.1 Å². The Hall–Kier alpha value is -3.25. The second-order valence-electron chi connectivity index (χ2n) is 6.48. The summed E-state index contributed by atoms with van der Waals surface area (Å²) >= 11 is 4.59. The maximum Gasteiger partial charge on any atom is 0.270 e. The van der Waals surface area contributed by atoms with Crippen LogP contribution in [0.4, 0.5) is 11.4 Å². The van der Waals surface area contributed by atoms with Gasteiger partial charge in [0.25, 0.3) is 11.6 Å². The Balaban J connectivity index is 1.57. The first-order valence-electron chi connectivity index (χ1n) is 9.50. The first-order valence-corrected chi connectivity index (χ1v) is 11.3. The Morgan fingerprint density at radius 3 is 2.62 bits per heavy atom. The summed E-state index contributed by atoms with van der Waals surface area (Å²) in [5.74, 6) is 0.0295. The van der Waals surface area contributed by atoms with Gasteiger partial charge in [0, 0.05) is 34.4 Å². The predicted octanol–water partition coefficient (Wildman–Crippen LogP) is 3.63. The number of anilines is 1. The topological polar surface area (TPSA) is 132 Å². The van der Waals surface area contributed by atoms with Gasteiger partial charge in [-0.1, -0.05) is 33.8 Å². The van der Waals surface area contributed by atoms with Crippen LogP contribution < -0.4 is 10.6 Å². The number of aromatic nitrogens is 3. The fraction of sp³-hybridized carbons (Fsp3) is 0.200. The highest BCUT2D eigenvalue weighted by atomic mass is 79.9. The zero-order chi connectivity index (χ0) is 23.1. The van der Waals surface area contributed by atoms with Crippen LogP contribution in [-0.4, -0.2) is 37.3 Å². The second-order valence-corrected chi connectivity index (χ2v) is 8.34. The van der Waals surface area contributed by atoms with Crippen LogP contribution in [0.5, 0.6) is 0 Å². The summed E-state index contributed by atoms with van der Waals surface area (Å²) in [7, 11) is 0. The highest BCUT2D eigenvalue weighted by Crippen LogP contribution is 2.19. The van der Waals surface area contributed by atoms with E-state index in [1.165, 1.54) is 36.0 Å². The quantitative estimate of drug-likeness (QED) is 0.251. The van der Waals surface area contributed by atoms with Crippen LogP contribution in [0, 0.1) is 10.1 Å². The van der Waals surface area contributed by atoms with Crippen molar-refractivity contribution in [1.29, 1.82) is 0 Å². The van der Waals surface area contributed by atoms with Crippen LogP contribution >= 0.6 is 27.7 Å². The average Bonchev–Trinajstić information content (AvgIpc) is 3.19. The minimum Gasteiger partial charge on any atom is -0.345 e. The van der Waals surface area contributed by atoms with Crippen LogP contribution in [0.15, 0.2) is 58.2 Å². The standard InChI is InChI=1S/C20H19BrN6O4S/c1-2-26-17(11-22-19(29)13-4-3-5-16(10-13)27(30)31)24-25-20(26)32-12-18(28)23-15-8-6-14(21)7-9-15/h3-10H,2,11-12H2,1H3,(H,22,29)(H,23,28). The molecule has 3 aromatic rings. The van der Waals surface area contributed by atoms with Gasteiger partial charge in [0.05, 0.1) is 17.2 Å². The number of nitro groups is 1. The van der Waals surface area contributed by atoms with E-state index in [0.29, 0.717) is 23.2 Å². The lowest BCUT2D eigenvalue weighted by Gasteiger charge is -2.09. The number of nitro benzene ring substituents is 1. The van der Waals surface area contributed by atoms with Gasteiger partial charge in [0.2, 0.25) is 5.91 Å². The minimum atomic E-state index is -0.555. The fourth-order valence-corrected chi connectivity index (χ4v) is 3.84. The molecule has 1 heterocycles. The van der Waals surface area contributed by atoms with Gasteiger partial charge in [-0.2, -0.15) is 0 Å². The average molecular weight is 519 g/mol. The van der Waals surface area contributed by atoms with E-state index in [9.17, 15) is 19.7 Å². The van der Waals surface area contributed by atoms with E-state index >= 15 is 0 Å². The maximum absolute atomic E-state index is 12.4. The van der Waals surface area contributed by atoms with Gasteiger partial charge in [-0.25, -0.2) is 0 Å². The zero-order valence-corrected chi connectivity index (χ0v) is 19.4. The van der Waals surface area contributed by atoms with Crippen molar-refractivity contribution < 1.29 is 14.5 Å². The number of rotatable bonds is 9. The number of halogens is 1. The minimum absolute atomic E-state index is 0.0913. The van der Waals surface area contributed by atoms with E-state index in [1.807, 2.05) is 19.1 Å². The Bertz CT molecular complexity index is 1140. The molecule has 0 aliphatic rings. The van der Waals surface area contributed by atoms with Crippen molar-refractivity contribution in [3.05, 3.63) is 74.5 Å². The van der Waals surface area contributed by atoms with Gasteiger partial charge < -0.3 is 15.2 Å². The third-order valence-corrected chi connectivity index (χ3v) is 5.79. The van der Waals surface area contributed by atoms with E-state index in [0.717, 1.165) is 4.47 Å². The van der Waals surface area contributed by atoms with E-state index in [4.69, 9.17) is 0 Å². The molecule has 0 bridgehead atoms. The molecule has 166 valence electrons. The smallest absolute Gasteiger partial charge is 0.270 e. The largest absolute Gasteiger partial charge is 0.345 e. The molecule has 32 heavy (non-hydrogen) atoms. The molecule has 3 rings (SSSR count). The SMILES string of the molecule is CCn1c(CNC(=O)c2cccc([N+](=O)[O-])c2)nnc1SCC(=O)Nc1ccc(Br)cc1. The molecule has 1 aromatic heterocycles. The van der Waals surface area contributed by atoms with Gasteiger partial charge in [-0.3, -0.25) is 19.7 Å². The number of benzene rings is 2. The molecule has 0 fully saturated rings. The number of carbonyl (C=O) groups is 2. The Morgan fingerprint density at radius 2 is 1.94 bits per heavy atom. The zero-order valence-electron chi connectivity index (χ0n) is 16.9. The highest BCUT2D eigenvalue weighted by molar-refractivity contribution is 9.10. The van der Waals surface area contributed by atoms with Gasteiger partial charge in [-0.15, -0.1) is 10.2 Å². The van der Waals surface area contributed by atoms with Crippen LogP contribution in [0.2, 0.25) is 0 Å². The molecule has 0 radical (unpaired) electrons. The molecule has 0 aliphatic carbocycles. The van der Waals surface area contributed by atoms with Crippen molar-refractivity contribution in [3.8, 4) is 0 Å². The van der Waals surface area contributed by atoms with Crippen molar-refractivity contribution in [2.24, 2.45) is 0 Å². The van der Waals surface area contributed by atoms with Crippen molar-refractivity contribution >= 4 is 50.9 Å². The summed E-state index contributed by atoms with van der Waals surface area (Å²) in [6.45, 7) is 2.54. The molecule has 2 N–H and O–H groups in total. The van der Waals surface area contributed by atoms with Crippen LogP contribution in [-0.2, 0) is 17.9 Å². The van der Waals surface area contributed by atoms with E-state index in [1.54, 1.807) is 16.7 Å².